The third-order valence-corrected chi connectivity index (χ3v) is 5.53. The second-order valence-corrected chi connectivity index (χ2v) is 7.50. The fraction of sp³-hybridized carbons (Fsp3) is 0.182. The number of nitrogens with zero attached hydrogens (tertiary/aromatic N) is 1. The normalized spacial score (nSPS) is 11.8. The highest BCUT2D eigenvalue weighted by Gasteiger charge is 2.23. The van der Waals surface area contributed by atoms with Crippen LogP contribution < -0.4 is 4.72 Å². The summed E-state index contributed by atoms with van der Waals surface area (Å²) in [5.41, 5.74) is 0.537. The molecule has 0 radical (unpaired) electrons. The molecular weight excluding hydrogens is 374 g/mol. The van der Waals surface area contributed by atoms with Gasteiger partial charge in [-0.1, -0.05) is 0 Å². The second kappa shape index (κ2) is 5.84. The van der Waals surface area contributed by atoms with E-state index in [0.29, 0.717) is 11.8 Å². The van der Waals surface area contributed by atoms with Gasteiger partial charge in [-0.05, 0) is 28.9 Å². The monoisotopic (exact) mass is 382 g/mol. The van der Waals surface area contributed by atoms with E-state index in [4.69, 9.17) is 0 Å². The molecule has 9 heteroatoms. The van der Waals surface area contributed by atoms with Gasteiger partial charge in [-0.2, -0.15) is 0 Å². The van der Waals surface area contributed by atoms with Crippen LogP contribution in [0.1, 0.15) is 10.7 Å². The van der Waals surface area contributed by atoms with Crippen LogP contribution in [0.5, 0.6) is 0 Å². The van der Waals surface area contributed by atoms with Gasteiger partial charge in [0.05, 0.1) is 17.2 Å². The van der Waals surface area contributed by atoms with Crippen LogP contribution in [0.3, 0.4) is 0 Å². The molecule has 0 saturated heterocycles. The highest BCUT2D eigenvalue weighted by molar-refractivity contribution is 9.10. The Morgan fingerprint density at radius 2 is 2.10 bits per heavy atom. The Morgan fingerprint density at radius 3 is 2.65 bits per heavy atom. The average molecular weight is 383 g/mol. The van der Waals surface area contributed by atoms with Crippen molar-refractivity contribution in [3.63, 3.8) is 0 Å². The van der Waals surface area contributed by atoms with Crippen LogP contribution in [-0.2, 0) is 16.6 Å². The van der Waals surface area contributed by atoms with Crippen LogP contribution in [0, 0.1) is 18.6 Å². The maximum Gasteiger partial charge on any atom is 0.244 e. The molecule has 0 amide bonds. The standard InChI is InChI=1S/C11H9BrF2N2O2S2/c1-6-16-8(5-19-6)4-15-20(17,18)11-9(12)2-7(13)3-10(11)14/h2-3,5,15H,4H2,1H3. The van der Waals surface area contributed by atoms with E-state index in [0.717, 1.165) is 11.1 Å². The fourth-order valence-corrected chi connectivity index (χ4v) is 4.29. The number of nitrogens with one attached hydrogen (secondary N) is 1. The largest absolute Gasteiger partial charge is 0.245 e. The van der Waals surface area contributed by atoms with Gasteiger partial charge in [-0.15, -0.1) is 11.3 Å². The van der Waals surface area contributed by atoms with Gasteiger partial charge in [0.25, 0.3) is 0 Å². The van der Waals surface area contributed by atoms with Crippen molar-refractivity contribution < 1.29 is 17.2 Å². The first-order valence-electron chi connectivity index (χ1n) is 5.35. The van der Waals surface area contributed by atoms with E-state index < -0.39 is 26.6 Å². The summed E-state index contributed by atoms with van der Waals surface area (Å²) in [5, 5.41) is 2.50. The summed E-state index contributed by atoms with van der Waals surface area (Å²) < 4.78 is 52.7. The van der Waals surface area contributed by atoms with Gasteiger partial charge in [-0.3, -0.25) is 0 Å². The van der Waals surface area contributed by atoms with E-state index in [-0.39, 0.29) is 11.0 Å². The Balaban J connectivity index is 2.27. The zero-order valence-electron chi connectivity index (χ0n) is 10.2. The molecule has 0 saturated carbocycles. The molecule has 0 spiro atoms. The van der Waals surface area contributed by atoms with Crippen molar-refractivity contribution in [1.82, 2.24) is 9.71 Å². The van der Waals surface area contributed by atoms with Crippen LogP contribution in [-0.4, -0.2) is 13.4 Å². The maximum atomic E-state index is 13.6. The first-order valence-corrected chi connectivity index (χ1v) is 8.50. The number of hydrogen-bond acceptors (Lipinski definition) is 4. The van der Waals surface area contributed by atoms with E-state index in [1.807, 2.05) is 0 Å². The van der Waals surface area contributed by atoms with Crippen molar-refractivity contribution in [2.45, 2.75) is 18.4 Å². The van der Waals surface area contributed by atoms with Gasteiger partial charge >= 0.3 is 0 Å². The molecule has 0 aliphatic rings. The molecule has 0 aliphatic carbocycles. The summed E-state index contributed by atoms with van der Waals surface area (Å²) in [6.07, 6.45) is 0. The fourth-order valence-electron chi connectivity index (χ4n) is 1.52. The average Bonchev–Trinajstić information content (AvgIpc) is 2.71. The molecular formula is C11H9BrF2N2O2S2. The summed E-state index contributed by atoms with van der Waals surface area (Å²) in [4.78, 5) is 3.47. The van der Waals surface area contributed by atoms with E-state index in [1.165, 1.54) is 11.3 Å². The summed E-state index contributed by atoms with van der Waals surface area (Å²) in [6.45, 7) is 1.73. The Kier molecular flexibility index (Phi) is 4.52. The van der Waals surface area contributed by atoms with Gasteiger partial charge in [0.2, 0.25) is 10.0 Å². The quantitative estimate of drug-likeness (QED) is 0.883. The predicted molar refractivity (Wildman–Crippen MR) is 74.9 cm³/mol. The van der Waals surface area contributed by atoms with E-state index in [2.05, 4.69) is 25.6 Å². The van der Waals surface area contributed by atoms with Crippen molar-refractivity contribution in [3.05, 3.63) is 44.3 Å². The first kappa shape index (κ1) is 15.5. The molecule has 0 atom stereocenters. The van der Waals surface area contributed by atoms with Gasteiger partial charge in [-0.25, -0.2) is 26.9 Å². The smallest absolute Gasteiger partial charge is 0.244 e. The molecule has 0 bridgehead atoms. The first-order chi connectivity index (χ1) is 9.29. The minimum Gasteiger partial charge on any atom is -0.245 e. The molecule has 1 heterocycles. The van der Waals surface area contributed by atoms with Gasteiger partial charge in [0.15, 0.2) is 0 Å². The van der Waals surface area contributed by atoms with Crippen LogP contribution in [0.4, 0.5) is 8.78 Å². The lowest BCUT2D eigenvalue weighted by Crippen LogP contribution is -2.25. The Hall–Kier alpha value is -0.900. The molecule has 0 unspecified atom stereocenters. The summed E-state index contributed by atoms with van der Waals surface area (Å²) >= 11 is 4.23. The van der Waals surface area contributed by atoms with Crippen molar-refractivity contribution in [2.24, 2.45) is 0 Å². The van der Waals surface area contributed by atoms with Crippen LogP contribution in [0.25, 0.3) is 0 Å². The second-order valence-electron chi connectivity index (χ2n) is 3.88. The Bertz CT molecular complexity index is 724. The molecule has 1 aromatic heterocycles. The molecule has 0 fully saturated rings. The van der Waals surface area contributed by atoms with E-state index in [1.54, 1.807) is 12.3 Å². The van der Waals surface area contributed by atoms with Gasteiger partial charge in [0, 0.05) is 15.9 Å². The number of sulfonamides is 1. The zero-order valence-corrected chi connectivity index (χ0v) is 13.4. The SMILES string of the molecule is Cc1nc(CNS(=O)(=O)c2c(F)cc(F)cc2Br)cs1. The minimum absolute atomic E-state index is 0.0596. The maximum absolute atomic E-state index is 13.6. The van der Waals surface area contributed by atoms with Crippen LogP contribution in [0.15, 0.2) is 26.9 Å². The number of aromatic nitrogens is 1. The van der Waals surface area contributed by atoms with Gasteiger partial charge in [0.1, 0.15) is 16.5 Å². The molecule has 2 aromatic rings. The van der Waals surface area contributed by atoms with Crippen molar-refractivity contribution in [3.8, 4) is 0 Å². The van der Waals surface area contributed by atoms with Crippen molar-refractivity contribution >= 4 is 37.3 Å². The van der Waals surface area contributed by atoms with E-state index >= 15 is 0 Å². The number of halogens is 3. The lowest BCUT2D eigenvalue weighted by Gasteiger charge is -2.08. The highest BCUT2D eigenvalue weighted by Crippen LogP contribution is 2.26. The zero-order chi connectivity index (χ0) is 14.9. The molecule has 1 N–H and O–H groups in total. The third kappa shape index (κ3) is 3.40. The summed E-state index contributed by atoms with van der Waals surface area (Å²) in [6, 6.07) is 1.41. The number of rotatable bonds is 4. The lowest BCUT2D eigenvalue weighted by atomic mass is 10.3. The number of hydrogen-bond donors (Lipinski definition) is 1. The number of thiazole rings is 1. The van der Waals surface area contributed by atoms with Crippen molar-refractivity contribution in [1.29, 1.82) is 0 Å². The van der Waals surface area contributed by atoms with Gasteiger partial charge < -0.3 is 0 Å². The Labute approximate surface area is 127 Å². The molecule has 0 aliphatic heterocycles. The number of aryl methyl sites for hydroxylation is 1. The molecule has 108 valence electrons. The Morgan fingerprint density at radius 1 is 1.40 bits per heavy atom. The lowest BCUT2D eigenvalue weighted by molar-refractivity contribution is 0.540. The molecule has 1 aromatic carbocycles. The number of benzene rings is 1. The van der Waals surface area contributed by atoms with Crippen LogP contribution in [0.2, 0.25) is 0 Å². The predicted octanol–water partition coefficient (Wildman–Crippen LogP) is 2.97. The summed E-state index contributed by atoms with van der Waals surface area (Å²) in [7, 11) is -4.10. The van der Waals surface area contributed by atoms with Crippen LogP contribution >= 0.6 is 27.3 Å². The topological polar surface area (TPSA) is 59.1 Å². The minimum atomic E-state index is -4.10. The molecule has 20 heavy (non-hydrogen) atoms. The van der Waals surface area contributed by atoms with Crippen molar-refractivity contribution in [2.75, 3.05) is 0 Å². The third-order valence-electron chi connectivity index (χ3n) is 2.34. The summed E-state index contributed by atoms with van der Waals surface area (Å²) in [5.74, 6) is -2.01. The molecule has 2 rings (SSSR count). The molecule has 4 nitrogen and oxygen atoms in total. The highest BCUT2D eigenvalue weighted by atomic mass is 79.9. The van der Waals surface area contributed by atoms with E-state index in [9.17, 15) is 17.2 Å².